The van der Waals surface area contributed by atoms with Crippen molar-refractivity contribution in [2.24, 2.45) is 0 Å². The average molecular weight is 353 g/mol. The van der Waals surface area contributed by atoms with Crippen LogP contribution in [0.1, 0.15) is 75.3 Å². The number of hydrogen-bond donors (Lipinski definition) is 0. The molecular formula is C27H28. The van der Waals surface area contributed by atoms with Crippen molar-refractivity contribution in [3.8, 4) is 22.3 Å². The number of rotatable bonds is 1. The molecule has 0 radical (unpaired) electrons. The molecule has 3 aromatic carbocycles. The van der Waals surface area contributed by atoms with Crippen molar-refractivity contribution in [3.05, 3.63) is 82.4 Å². The quantitative estimate of drug-likeness (QED) is 0.427. The lowest BCUT2D eigenvalue weighted by Gasteiger charge is -2.24. The Labute approximate surface area is 163 Å². The molecule has 2 aliphatic rings. The van der Waals surface area contributed by atoms with Crippen LogP contribution in [0.2, 0.25) is 0 Å². The maximum absolute atomic E-state index is 2.49. The number of benzene rings is 3. The van der Waals surface area contributed by atoms with Crippen LogP contribution in [-0.2, 0) is 10.8 Å². The molecule has 27 heavy (non-hydrogen) atoms. The first-order valence-corrected chi connectivity index (χ1v) is 10.2. The fraction of sp³-hybridized carbons (Fsp3) is 0.333. The van der Waals surface area contributed by atoms with Crippen LogP contribution < -0.4 is 0 Å². The van der Waals surface area contributed by atoms with Crippen LogP contribution in [-0.4, -0.2) is 0 Å². The molecule has 2 aliphatic carbocycles. The van der Waals surface area contributed by atoms with Gasteiger partial charge < -0.3 is 0 Å². The summed E-state index contributed by atoms with van der Waals surface area (Å²) >= 11 is 0. The van der Waals surface area contributed by atoms with Crippen LogP contribution in [0.3, 0.4) is 0 Å². The van der Waals surface area contributed by atoms with E-state index in [1.165, 1.54) is 50.1 Å². The summed E-state index contributed by atoms with van der Waals surface area (Å²) in [5.41, 5.74) is 13.1. The van der Waals surface area contributed by atoms with Crippen molar-refractivity contribution in [1.82, 2.24) is 0 Å². The van der Waals surface area contributed by atoms with E-state index in [4.69, 9.17) is 0 Å². The lowest BCUT2D eigenvalue weighted by atomic mass is 9.79. The SMILES string of the molecule is CC(C)c1ccc2c(c1)C(C)(C)c1cc3c(cc1-2)C(C)(C)c1ccccc1-3. The van der Waals surface area contributed by atoms with E-state index in [0.717, 1.165) is 0 Å². The summed E-state index contributed by atoms with van der Waals surface area (Å²) in [5.74, 6) is 0.561. The predicted molar refractivity (Wildman–Crippen MR) is 116 cm³/mol. The Morgan fingerprint density at radius 1 is 0.556 bits per heavy atom. The molecular weight excluding hydrogens is 324 g/mol. The molecule has 0 saturated carbocycles. The molecule has 0 nitrogen and oxygen atoms in total. The Morgan fingerprint density at radius 2 is 1.07 bits per heavy atom. The molecule has 0 fully saturated rings. The largest absolute Gasteiger partial charge is 0.0619 e. The molecule has 136 valence electrons. The van der Waals surface area contributed by atoms with Crippen molar-refractivity contribution >= 4 is 0 Å². The Balaban J connectivity index is 1.80. The van der Waals surface area contributed by atoms with Crippen molar-refractivity contribution in [2.45, 2.75) is 58.3 Å². The van der Waals surface area contributed by atoms with Gasteiger partial charge in [-0.2, -0.15) is 0 Å². The standard InChI is InChI=1S/C27H28/c1-16(2)17-11-12-19-21-15-24-20(14-25(21)27(5,6)23(19)13-17)18-9-7-8-10-22(18)26(24,3)4/h7-16H,1-6H3. The van der Waals surface area contributed by atoms with Gasteiger partial charge in [-0.15, -0.1) is 0 Å². The highest BCUT2D eigenvalue weighted by Crippen LogP contribution is 2.56. The third-order valence-electron chi connectivity index (χ3n) is 7.07. The molecule has 0 unspecified atom stereocenters. The zero-order valence-electron chi connectivity index (χ0n) is 17.3. The minimum Gasteiger partial charge on any atom is -0.0619 e. The Kier molecular flexibility index (Phi) is 3.19. The van der Waals surface area contributed by atoms with Crippen LogP contribution in [0.15, 0.2) is 54.6 Å². The van der Waals surface area contributed by atoms with Gasteiger partial charge >= 0.3 is 0 Å². The summed E-state index contributed by atoms with van der Waals surface area (Å²) in [4.78, 5) is 0. The van der Waals surface area contributed by atoms with Crippen molar-refractivity contribution in [3.63, 3.8) is 0 Å². The molecule has 0 spiro atoms. The van der Waals surface area contributed by atoms with E-state index < -0.39 is 0 Å². The lowest BCUT2D eigenvalue weighted by Crippen LogP contribution is -2.17. The Bertz CT molecular complexity index is 1090. The minimum atomic E-state index is 0.0479. The molecule has 0 atom stereocenters. The second kappa shape index (κ2) is 5.13. The third kappa shape index (κ3) is 2.05. The first-order valence-electron chi connectivity index (χ1n) is 10.2. The topological polar surface area (TPSA) is 0 Å². The summed E-state index contributed by atoms with van der Waals surface area (Å²) in [7, 11) is 0. The Hall–Kier alpha value is -2.34. The van der Waals surface area contributed by atoms with Crippen LogP contribution >= 0.6 is 0 Å². The van der Waals surface area contributed by atoms with Crippen LogP contribution in [0, 0.1) is 0 Å². The first kappa shape index (κ1) is 16.8. The summed E-state index contributed by atoms with van der Waals surface area (Å²) in [5, 5.41) is 0. The fourth-order valence-corrected chi connectivity index (χ4v) is 5.31. The molecule has 0 heteroatoms. The van der Waals surface area contributed by atoms with Gasteiger partial charge in [0.2, 0.25) is 0 Å². The average Bonchev–Trinajstić information content (AvgIpc) is 3.00. The van der Waals surface area contributed by atoms with Gasteiger partial charge in [0.25, 0.3) is 0 Å². The molecule has 0 aromatic heterocycles. The number of hydrogen-bond acceptors (Lipinski definition) is 0. The summed E-state index contributed by atoms with van der Waals surface area (Å²) in [6.45, 7) is 14.1. The van der Waals surface area contributed by atoms with E-state index in [0.29, 0.717) is 5.92 Å². The molecule has 0 saturated heterocycles. The lowest BCUT2D eigenvalue weighted by molar-refractivity contribution is 0.651. The van der Waals surface area contributed by atoms with Crippen LogP contribution in [0.5, 0.6) is 0 Å². The highest BCUT2D eigenvalue weighted by Gasteiger charge is 2.41. The van der Waals surface area contributed by atoms with Crippen molar-refractivity contribution in [1.29, 1.82) is 0 Å². The van der Waals surface area contributed by atoms with E-state index in [1.54, 1.807) is 0 Å². The van der Waals surface area contributed by atoms with Gasteiger partial charge in [-0.1, -0.05) is 84.0 Å². The Morgan fingerprint density at radius 3 is 1.70 bits per heavy atom. The maximum atomic E-state index is 2.49. The zero-order chi connectivity index (χ0) is 19.1. The van der Waals surface area contributed by atoms with E-state index >= 15 is 0 Å². The second-order valence-electron chi connectivity index (χ2n) is 9.70. The monoisotopic (exact) mass is 352 g/mol. The second-order valence-corrected chi connectivity index (χ2v) is 9.70. The molecule has 3 aromatic rings. The van der Waals surface area contributed by atoms with E-state index in [9.17, 15) is 0 Å². The highest BCUT2D eigenvalue weighted by atomic mass is 14.4. The van der Waals surface area contributed by atoms with Gasteiger partial charge in [0.15, 0.2) is 0 Å². The summed E-state index contributed by atoms with van der Waals surface area (Å²) in [6, 6.07) is 21.1. The van der Waals surface area contributed by atoms with E-state index in [2.05, 4.69) is 96.1 Å². The third-order valence-corrected chi connectivity index (χ3v) is 7.07. The first-order chi connectivity index (χ1) is 12.7. The van der Waals surface area contributed by atoms with E-state index in [1.807, 2.05) is 0 Å². The van der Waals surface area contributed by atoms with Gasteiger partial charge in [-0.05, 0) is 68.1 Å². The predicted octanol–water partition coefficient (Wildman–Crippen LogP) is 7.42. The molecule has 0 aliphatic heterocycles. The molecule has 0 bridgehead atoms. The normalized spacial score (nSPS) is 17.4. The molecule has 0 amide bonds. The van der Waals surface area contributed by atoms with Gasteiger partial charge in [-0.25, -0.2) is 0 Å². The maximum Gasteiger partial charge on any atom is 0.0159 e. The zero-order valence-corrected chi connectivity index (χ0v) is 17.3. The highest BCUT2D eigenvalue weighted by molar-refractivity contribution is 5.89. The van der Waals surface area contributed by atoms with Crippen LogP contribution in [0.25, 0.3) is 22.3 Å². The van der Waals surface area contributed by atoms with Crippen LogP contribution in [0.4, 0.5) is 0 Å². The van der Waals surface area contributed by atoms with Gasteiger partial charge in [0, 0.05) is 10.8 Å². The van der Waals surface area contributed by atoms with Gasteiger partial charge in [-0.3, -0.25) is 0 Å². The molecule has 0 N–H and O–H groups in total. The summed E-state index contributed by atoms with van der Waals surface area (Å²) in [6.07, 6.45) is 0. The van der Waals surface area contributed by atoms with Crippen molar-refractivity contribution in [2.75, 3.05) is 0 Å². The van der Waals surface area contributed by atoms with Crippen molar-refractivity contribution < 1.29 is 0 Å². The molecule has 0 heterocycles. The smallest absolute Gasteiger partial charge is 0.0159 e. The molecule has 5 rings (SSSR count). The summed E-state index contributed by atoms with van der Waals surface area (Å²) < 4.78 is 0. The van der Waals surface area contributed by atoms with Gasteiger partial charge in [0.05, 0.1) is 0 Å². The minimum absolute atomic E-state index is 0.0479. The fourth-order valence-electron chi connectivity index (χ4n) is 5.31. The van der Waals surface area contributed by atoms with E-state index in [-0.39, 0.29) is 10.8 Å². The number of fused-ring (bicyclic) bond motifs is 6. The van der Waals surface area contributed by atoms with Gasteiger partial charge in [0.1, 0.15) is 0 Å².